The van der Waals surface area contributed by atoms with Gasteiger partial charge in [-0.2, -0.15) is 0 Å². The van der Waals surface area contributed by atoms with E-state index in [2.05, 4.69) is 4.98 Å². The van der Waals surface area contributed by atoms with Crippen molar-refractivity contribution in [3.05, 3.63) is 128 Å². The van der Waals surface area contributed by atoms with Crippen molar-refractivity contribution in [3.8, 4) is 5.88 Å². The molecule has 2 heterocycles. The van der Waals surface area contributed by atoms with Crippen LogP contribution in [0.4, 0.5) is 0 Å². The van der Waals surface area contributed by atoms with Gasteiger partial charge in [0.1, 0.15) is 17.3 Å². The Morgan fingerprint density at radius 1 is 0.750 bits per heavy atom. The minimum Gasteiger partial charge on any atom is -0.474 e. The van der Waals surface area contributed by atoms with Crippen molar-refractivity contribution in [2.24, 2.45) is 7.05 Å². The summed E-state index contributed by atoms with van der Waals surface area (Å²) in [4.78, 5) is 44.2. The minimum atomic E-state index is -0.346. The van der Waals surface area contributed by atoms with Crippen molar-refractivity contribution >= 4 is 24.0 Å². The van der Waals surface area contributed by atoms with Gasteiger partial charge in [-0.3, -0.25) is 19.3 Å². The van der Waals surface area contributed by atoms with E-state index >= 15 is 0 Å². The maximum Gasteiger partial charge on any atom is 0.276 e. The van der Waals surface area contributed by atoms with E-state index in [-0.39, 0.29) is 41.8 Å². The van der Waals surface area contributed by atoms with Crippen LogP contribution >= 0.6 is 0 Å². The van der Waals surface area contributed by atoms with E-state index in [4.69, 9.17) is 4.74 Å². The molecule has 1 aliphatic heterocycles. The third-order valence-corrected chi connectivity index (χ3v) is 5.96. The van der Waals surface area contributed by atoms with E-state index in [1.807, 2.05) is 66.7 Å². The lowest BCUT2D eigenvalue weighted by molar-refractivity contribution is 0.0629. The average molecular weight is 478 g/mol. The van der Waals surface area contributed by atoms with Crippen LogP contribution in [0.3, 0.4) is 0 Å². The molecule has 7 heteroatoms. The van der Waals surface area contributed by atoms with Crippen LogP contribution in [0.25, 0.3) is 12.2 Å². The van der Waals surface area contributed by atoms with Gasteiger partial charge in [-0.05, 0) is 35.4 Å². The highest BCUT2D eigenvalue weighted by atomic mass is 16.5. The summed E-state index contributed by atoms with van der Waals surface area (Å²) in [5.74, 6) is -0.455. The summed E-state index contributed by atoms with van der Waals surface area (Å²) in [5.41, 5.74) is 2.22. The van der Waals surface area contributed by atoms with Gasteiger partial charge in [0.25, 0.3) is 17.4 Å². The Kier molecular flexibility index (Phi) is 6.28. The molecule has 0 aliphatic carbocycles. The first-order chi connectivity index (χ1) is 17.5. The number of ether oxygens (including phenoxy) is 1. The first kappa shape index (κ1) is 23.0. The van der Waals surface area contributed by atoms with E-state index in [1.54, 1.807) is 37.4 Å². The highest BCUT2D eigenvalue weighted by molar-refractivity contribution is 6.21. The van der Waals surface area contributed by atoms with E-state index in [9.17, 15) is 14.4 Å². The molecule has 0 bridgehead atoms. The number of carbonyl (C=O) groups is 2. The molecule has 4 aromatic rings. The molecule has 7 nitrogen and oxygen atoms in total. The molecule has 2 amide bonds. The Bertz CT molecular complexity index is 1590. The smallest absolute Gasteiger partial charge is 0.276 e. The van der Waals surface area contributed by atoms with E-state index in [0.717, 1.165) is 11.1 Å². The Labute approximate surface area is 207 Å². The SMILES string of the molecule is Cn1c(=Cc2ccccc2)c(OCCN2C(=O)c3ccccc3C2=O)nc(=Cc2ccccc2)c1=O. The largest absolute Gasteiger partial charge is 0.474 e. The number of hydrogen-bond acceptors (Lipinski definition) is 5. The van der Waals surface area contributed by atoms with E-state index in [0.29, 0.717) is 16.5 Å². The summed E-state index contributed by atoms with van der Waals surface area (Å²) in [5, 5.41) is 0.711. The van der Waals surface area contributed by atoms with E-state index in [1.165, 1.54) is 9.47 Å². The van der Waals surface area contributed by atoms with Gasteiger partial charge in [0.2, 0.25) is 5.88 Å². The maximum absolute atomic E-state index is 13.1. The molecule has 5 rings (SSSR count). The van der Waals surface area contributed by atoms with Crippen LogP contribution in [-0.2, 0) is 7.05 Å². The summed E-state index contributed by atoms with van der Waals surface area (Å²) in [7, 11) is 1.66. The van der Waals surface area contributed by atoms with Gasteiger partial charge in [0.15, 0.2) is 0 Å². The molecular formula is C29H23N3O4. The predicted molar refractivity (Wildman–Crippen MR) is 136 cm³/mol. The molecule has 0 saturated carbocycles. The predicted octanol–water partition coefficient (Wildman–Crippen LogP) is 2.11. The van der Waals surface area contributed by atoms with Crippen LogP contribution < -0.4 is 21.0 Å². The summed E-state index contributed by atoms with van der Waals surface area (Å²) < 4.78 is 7.50. The van der Waals surface area contributed by atoms with Crippen LogP contribution in [-0.4, -0.2) is 39.4 Å². The van der Waals surface area contributed by atoms with Gasteiger partial charge in [-0.25, -0.2) is 4.98 Å². The highest BCUT2D eigenvalue weighted by Crippen LogP contribution is 2.21. The lowest BCUT2D eigenvalue weighted by Gasteiger charge is -2.15. The Morgan fingerprint density at radius 3 is 1.86 bits per heavy atom. The summed E-state index contributed by atoms with van der Waals surface area (Å²) in [6.45, 7) is 0.0798. The molecule has 0 saturated heterocycles. The molecule has 178 valence electrons. The first-order valence-electron chi connectivity index (χ1n) is 11.5. The normalized spacial score (nSPS) is 13.9. The standard InChI is InChI=1S/C29H23N3O4/c1-31-25(19-21-12-6-3-7-13-21)26(30-24(29(31)35)18-20-10-4-2-5-11-20)36-17-16-32-27(33)22-14-8-9-15-23(22)28(32)34/h2-15,18-19H,16-17H2,1H3. The fourth-order valence-corrected chi connectivity index (χ4v) is 4.09. The van der Waals surface area contributed by atoms with Crippen LogP contribution in [0, 0.1) is 0 Å². The number of carbonyl (C=O) groups excluding carboxylic acids is 2. The Balaban J connectivity index is 1.50. The Hall–Kier alpha value is -4.78. The number of aromatic nitrogens is 2. The van der Waals surface area contributed by atoms with Crippen LogP contribution in [0.1, 0.15) is 31.8 Å². The zero-order valence-electron chi connectivity index (χ0n) is 19.6. The monoisotopic (exact) mass is 477 g/mol. The number of amides is 2. The quantitative estimate of drug-likeness (QED) is 0.398. The number of rotatable bonds is 6. The molecule has 1 aromatic heterocycles. The number of benzene rings is 3. The number of nitrogens with zero attached hydrogens (tertiary/aromatic N) is 3. The van der Waals surface area contributed by atoms with Crippen molar-refractivity contribution in [2.45, 2.75) is 0 Å². The summed E-state index contributed by atoms with van der Waals surface area (Å²) in [6.07, 6.45) is 3.52. The molecule has 3 aromatic carbocycles. The second kappa shape index (κ2) is 9.84. The molecule has 0 radical (unpaired) electrons. The minimum absolute atomic E-state index is 0.0249. The zero-order valence-corrected chi connectivity index (χ0v) is 19.6. The molecular weight excluding hydrogens is 454 g/mol. The van der Waals surface area contributed by atoms with Crippen molar-refractivity contribution in [2.75, 3.05) is 13.2 Å². The van der Waals surface area contributed by atoms with Crippen LogP contribution in [0.15, 0.2) is 89.7 Å². The zero-order chi connectivity index (χ0) is 25.1. The van der Waals surface area contributed by atoms with Crippen molar-refractivity contribution < 1.29 is 14.3 Å². The lowest BCUT2D eigenvalue weighted by atomic mass is 10.1. The maximum atomic E-state index is 13.1. The number of fused-ring (bicyclic) bond motifs is 1. The second-order valence-corrected chi connectivity index (χ2v) is 8.32. The lowest BCUT2D eigenvalue weighted by Crippen LogP contribution is -2.44. The fourth-order valence-electron chi connectivity index (χ4n) is 4.09. The molecule has 0 fully saturated rings. The van der Waals surface area contributed by atoms with Crippen LogP contribution in [0.2, 0.25) is 0 Å². The number of imide groups is 1. The Morgan fingerprint density at radius 2 is 1.28 bits per heavy atom. The van der Waals surface area contributed by atoms with Crippen molar-refractivity contribution in [1.82, 2.24) is 14.5 Å². The highest BCUT2D eigenvalue weighted by Gasteiger charge is 2.34. The molecule has 0 unspecified atom stereocenters. The molecule has 1 aliphatic rings. The molecule has 0 N–H and O–H groups in total. The third kappa shape index (κ3) is 4.46. The third-order valence-electron chi connectivity index (χ3n) is 5.96. The summed E-state index contributed by atoms with van der Waals surface area (Å²) >= 11 is 0. The molecule has 36 heavy (non-hydrogen) atoms. The van der Waals surface area contributed by atoms with Crippen LogP contribution in [0.5, 0.6) is 5.88 Å². The first-order valence-corrected chi connectivity index (χ1v) is 11.5. The van der Waals surface area contributed by atoms with Gasteiger partial charge in [-0.1, -0.05) is 72.8 Å². The van der Waals surface area contributed by atoms with Gasteiger partial charge in [0.05, 0.1) is 17.7 Å². The van der Waals surface area contributed by atoms with Gasteiger partial charge in [0, 0.05) is 7.05 Å². The van der Waals surface area contributed by atoms with Crippen molar-refractivity contribution in [1.29, 1.82) is 0 Å². The second-order valence-electron chi connectivity index (χ2n) is 8.32. The van der Waals surface area contributed by atoms with E-state index < -0.39 is 0 Å². The average Bonchev–Trinajstić information content (AvgIpc) is 3.15. The molecule has 0 atom stereocenters. The van der Waals surface area contributed by atoms with Gasteiger partial charge in [-0.15, -0.1) is 0 Å². The topological polar surface area (TPSA) is 81.5 Å². The fraction of sp³-hybridized carbons (Fsp3) is 0.103. The molecule has 0 spiro atoms. The van der Waals surface area contributed by atoms with Gasteiger partial charge >= 0.3 is 0 Å². The van der Waals surface area contributed by atoms with Gasteiger partial charge < -0.3 is 9.30 Å². The van der Waals surface area contributed by atoms with Crippen molar-refractivity contribution in [3.63, 3.8) is 0 Å². The number of hydrogen-bond donors (Lipinski definition) is 0. The summed E-state index contributed by atoms with van der Waals surface area (Å²) in [6, 6.07) is 25.7.